The molecule has 2 amide bonds. The zero-order chi connectivity index (χ0) is 34.0. The summed E-state index contributed by atoms with van der Waals surface area (Å²) in [6, 6.07) is 5.53. The van der Waals surface area contributed by atoms with Crippen molar-refractivity contribution in [2.45, 2.75) is 116 Å². The number of hydrogen-bond donors (Lipinski definition) is 3. The van der Waals surface area contributed by atoms with Crippen LogP contribution in [0.5, 0.6) is 5.75 Å². The van der Waals surface area contributed by atoms with E-state index in [2.05, 4.69) is 49.1 Å². The number of likely N-dealkylation sites (N-methyl/N-ethyl adjacent to an activating group) is 1. The zero-order valence-electron chi connectivity index (χ0n) is 28.2. The van der Waals surface area contributed by atoms with E-state index in [4.69, 9.17) is 13.9 Å². The number of ether oxygens (including phenoxy) is 2. The molecule has 0 saturated carbocycles. The second-order valence-electron chi connectivity index (χ2n) is 14.2. The molecule has 11 nitrogen and oxygen atoms in total. The highest BCUT2D eigenvalue weighted by atomic mass is 28.4. The van der Waals surface area contributed by atoms with Crippen molar-refractivity contribution in [3.05, 3.63) is 57.5 Å². The van der Waals surface area contributed by atoms with Crippen LogP contribution in [-0.4, -0.2) is 71.8 Å². The van der Waals surface area contributed by atoms with E-state index in [1.165, 1.54) is 36.2 Å². The quantitative estimate of drug-likeness (QED) is 0.299. The van der Waals surface area contributed by atoms with E-state index < -0.39 is 54.3 Å². The average Bonchev–Trinajstić information content (AvgIpc) is 2.95. The Morgan fingerprint density at radius 1 is 1.22 bits per heavy atom. The largest absolute Gasteiger partial charge is 0.501 e. The van der Waals surface area contributed by atoms with Gasteiger partial charge in [0.05, 0.1) is 18.8 Å². The Morgan fingerprint density at radius 2 is 1.84 bits per heavy atom. The van der Waals surface area contributed by atoms with E-state index in [-0.39, 0.29) is 36.2 Å². The summed E-state index contributed by atoms with van der Waals surface area (Å²) in [6.45, 7) is 18.1. The van der Waals surface area contributed by atoms with Crippen LogP contribution in [-0.2, 0) is 26.0 Å². The number of halogens is 1. The highest BCUT2D eigenvalue weighted by molar-refractivity contribution is 6.74. The Bertz CT molecular complexity index is 1410. The summed E-state index contributed by atoms with van der Waals surface area (Å²) in [7, 11) is -0.593. The first kappa shape index (κ1) is 36.2. The zero-order valence-corrected chi connectivity index (χ0v) is 29.2. The summed E-state index contributed by atoms with van der Waals surface area (Å²) in [5.41, 5.74) is -3.00. The van der Waals surface area contributed by atoms with Crippen LogP contribution in [0, 0.1) is 5.82 Å². The maximum absolute atomic E-state index is 13.4. The highest BCUT2D eigenvalue weighted by Crippen LogP contribution is 2.41. The summed E-state index contributed by atoms with van der Waals surface area (Å²) in [5.74, 6) is -2.13. The van der Waals surface area contributed by atoms with E-state index in [9.17, 15) is 23.9 Å². The van der Waals surface area contributed by atoms with Gasteiger partial charge in [-0.1, -0.05) is 39.8 Å². The lowest BCUT2D eigenvalue weighted by Crippen LogP contribution is -2.58. The van der Waals surface area contributed by atoms with Crippen molar-refractivity contribution in [2.75, 3.05) is 13.7 Å². The van der Waals surface area contributed by atoms with Gasteiger partial charge in [0.15, 0.2) is 14.0 Å². The summed E-state index contributed by atoms with van der Waals surface area (Å²) in [5, 5.41) is 13.2. The van der Waals surface area contributed by atoms with Crippen LogP contribution in [0.3, 0.4) is 0 Å². The van der Waals surface area contributed by atoms with Crippen LogP contribution in [0.4, 0.5) is 9.18 Å². The molecule has 0 aliphatic carbocycles. The monoisotopic (exact) mass is 648 g/mol. The fraction of sp³-hybridized carbons (Fsp3) is 0.625. The molecule has 1 saturated heterocycles. The number of carbonyl (C=O) groups excluding carboxylic acids is 2. The predicted molar refractivity (Wildman–Crippen MR) is 171 cm³/mol. The Morgan fingerprint density at radius 3 is 2.36 bits per heavy atom. The van der Waals surface area contributed by atoms with Gasteiger partial charge in [-0.05, 0) is 75.9 Å². The fourth-order valence-electron chi connectivity index (χ4n) is 4.88. The van der Waals surface area contributed by atoms with E-state index in [0.717, 1.165) is 6.42 Å². The number of nitrogens with one attached hydrogen (secondary N) is 2. The number of carbonyl (C=O) groups is 2. The van der Waals surface area contributed by atoms with Gasteiger partial charge in [0.2, 0.25) is 5.75 Å². The van der Waals surface area contributed by atoms with Crippen LogP contribution in [0.25, 0.3) is 0 Å². The first-order valence-corrected chi connectivity index (χ1v) is 18.2. The molecule has 0 bridgehead atoms. The number of amides is 2. The maximum Gasteiger partial charge on any atom is 0.410 e. The molecular formula is C32H49FN4O7Si. The standard InChI is InChI=1S/C32H49FN4O7Si/c1-11-22(44-45(9,10)31(5,6)7)23-16-17-32(19-42-23,37(8)29(41)43-30(2,3)4)28-35-24(25(38)27(40)36-28)26(39)34-18-20-12-14-21(33)15-13-20/h12-15,22-23,38H,11,16-19H2,1-10H3,(H,34,39)(H,35,36,40). The van der Waals surface area contributed by atoms with Crippen LogP contribution >= 0.6 is 0 Å². The Kier molecular flexibility index (Phi) is 10.9. The molecule has 250 valence electrons. The molecule has 3 N–H and O–H groups in total. The van der Waals surface area contributed by atoms with E-state index >= 15 is 0 Å². The van der Waals surface area contributed by atoms with Gasteiger partial charge >= 0.3 is 6.09 Å². The number of benzene rings is 1. The molecule has 1 aliphatic rings. The third kappa shape index (κ3) is 8.50. The number of aromatic nitrogens is 2. The van der Waals surface area contributed by atoms with Gasteiger partial charge in [-0.2, -0.15) is 0 Å². The number of H-pyrrole nitrogens is 1. The molecule has 2 heterocycles. The molecule has 2 aromatic rings. The highest BCUT2D eigenvalue weighted by Gasteiger charge is 2.49. The number of hydrogen-bond acceptors (Lipinski definition) is 8. The Balaban J connectivity index is 1.98. The van der Waals surface area contributed by atoms with Crippen LogP contribution < -0.4 is 10.9 Å². The van der Waals surface area contributed by atoms with Gasteiger partial charge < -0.3 is 29.3 Å². The lowest BCUT2D eigenvalue weighted by atomic mass is 9.86. The van der Waals surface area contributed by atoms with Crippen molar-refractivity contribution in [3.63, 3.8) is 0 Å². The minimum Gasteiger partial charge on any atom is -0.501 e. The third-order valence-electron chi connectivity index (χ3n) is 8.67. The molecular weight excluding hydrogens is 599 g/mol. The third-order valence-corrected chi connectivity index (χ3v) is 13.2. The molecule has 3 atom stereocenters. The SMILES string of the molecule is CCC(O[Si](C)(C)C(C)(C)C)C1CCC(c2nc(C(=O)NCc3ccc(F)cc3)c(O)c(=O)[nH]2)(N(C)C(=O)OC(C)(C)C)CO1. The van der Waals surface area contributed by atoms with Crippen molar-refractivity contribution in [1.82, 2.24) is 20.2 Å². The smallest absolute Gasteiger partial charge is 0.410 e. The van der Waals surface area contributed by atoms with Crippen molar-refractivity contribution in [1.29, 1.82) is 0 Å². The molecule has 0 radical (unpaired) electrons. The maximum atomic E-state index is 13.4. The Labute approximate surface area is 266 Å². The predicted octanol–water partition coefficient (Wildman–Crippen LogP) is 5.59. The van der Waals surface area contributed by atoms with Crippen LogP contribution in [0.1, 0.15) is 89.6 Å². The van der Waals surface area contributed by atoms with E-state index in [1.54, 1.807) is 20.8 Å². The fourth-order valence-corrected chi connectivity index (χ4v) is 6.31. The minimum absolute atomic E-state index is 0.00109. The lowest BCUT2D eigenvalue weighted by molar-refractivity contribution is -0.123. The first-order chi connectivity index (χ1) is 20.7. The molecule has 1 aromatic carbocycles. The van der Waals surface area contributed by atoms with Crippen molar-refractivity contribution in [3.8, 4) is 5.75 Å². The van der Waals surface area contributed by atoms with Gasteiger partial charge in [0, 0.05) is 13.6 Å². The van der Waals surface area contributed by atoms with E-state index in [0.29, 0.717) is 18.4 Å². The molecule has 3 unspecified atom stereocenters. The number of rotatable bonds is 9. The molecule has 45 heavy (non-hydrogen) atoms. The number of nitrogens with zero attached hydrogens (tertiary/aromatic N) is 2. The summed E-state index contributed by atoms with van der Waals surface area (Å²) in [6.07, 6.45) is 0.333. The van der Waals surface area contributed by atoms with Crippen LogP contribution in [0.2, 0.25) is 18.1 Å². The van der Waals surface area contributed by atoms with Crippen LogP contribution in [0.15, 0.2) is 29.1 Å². The minimum atomic E-state index is -2.12. The van der Waals surface area contributed by atoms with Crippen molar-refractivity contribution >= 4 is 20.3 Å². The van der Waals surface area contributed by atoms with Gasteiger partial charge in [0.25, 0.3) is 11.5 Å². The van der Waals surface area contributed by atoms with Gasteiger partial charge in [-0.3, -0.25) is 14.5 Å². The van der Waals surface area contributed by atoms with Gasteiger partial charge in [-0.15, -0.1) is 0 Å². The molecule has 1 aliphatic heterocycles. The Hall–Kier alpha value is -3.29. The summed E-state index contributed by atoms with van der Waals surface area (Å²) < 4.78 is 32.1. The molecule has 13 heteroatoms. The first-order valence-electron chi connectivity index (χ1n) is 15.3. The van der Waals surface area contributed by atoms with E-state index in [1.807, 2.05) is 6.92 Å². The molecule has 1 aromatic heterocycles. The van der Waals surface area contributed by atoms with Crippen molar-refractivity contribution in [2.24, 2.45) is 0 Å². The summed E-state index contributed by atoms with van der Waals surface area (Å²) >= 11 is 0. The normalized spacial score (nSPS) is 19.9. The molecule has 1 fully saturated rings. The molecule has 3 rings (SSSR count). The van der Waals surface area contributed by atoms with Gasteiger partial charge in [0.1, 0.15) is 22.8 Å². The number of aromatic amines is 1. The second-order valence-corrected chi connectivity index (χ2v) is 19.0. The topological polar surface area (TPSA) is 143 Å². The lowest BCUT2D eigenvalue weighted by Gasteiger charge is -2.47. The second kappa shape index (κ2) is 13.6. The van der Waals surface area contributed by atoms with Gasteiger partial charge in [-0.25, -0.2) is 14.2 Å². The molecule has 0 spiro atoms. The van der Waals surface area contributed by atoms with Crippen molar-refractivity contribution < 1.29 is 33.0 Å². The average molecular weight is 649 g/mol. The summed E-state index contributed by atoms with van der Waals surface area (Å²) in [4.78, 5) is 47.9. The number of aromatic hydroxyl groups is 1.